The van der Waals surface area contributed by atoms with Gasteiger partial charge >= 0.3 is 0 Å². The Labute approximate surface area is 253 Å². The second kappa shape index (κ2) is 35.9. The summed E-state index contributed by atoms with van der Waals surface area (Å²) in [6.45, 7) is 5.73. The lowest BCUT2D eigenvalue weighted by atomic mass is 9.90. The molecule has 0 aliphatic rings. The number of hydrogen-bond acceptors (Lipinski definition) is 1. The Bertz CT molecular complexity index is 569. The molecule has 0 rings (SSSR count). The summed E-state index contributed by atoms with van der Waals surface area (Å²) in [5.41, 5.74) is 0. The first-order valence-corrected chi connectivity index (χ1v) is 18.1. The van der Waals surface area contributed by atoms with E-state index in [1.807, 2.05) is 0 Å². The van der Waals surface area contributed by atoms with E-state index < -0.39 is 0 Å². The second-order valence-corrected chi connectivity index (χ2v) is 12.2. The number of nitrogens with one attached hydrogen (secondary N) is 1. The fourth-order valence-corrected chi connectivity index (χ4v) is 5.51. The summed E-state index contributed by atoms with van der Waals surface area (Å²) in [5.74, 6) is 0.964. The summed E-state index contributed by atoms with van der Waals surface area (Å²) in [7, 11) is 2.09. The van der Waals surface area contributed by atoms with E-state index >= 15 is 0 Å². The van der Waals surface area contributed by atoms with Crippen LogP contribution in [0.15, 0.2) is 48.6 Å². The average molecular weight is 556 g/mol. The van der Waals surface area contributed by atoms with Gasteiger partial charge in [-0.1, -0.05) is 159 Å². The Balaban J connectivity index is 3.71. The van der Waals surface area contributed by atoms with Crippen molar-refractivity contribution < 1.29 is 0 Å². The molecular formula is C39H73N. The van der Waals surface area contributed by atoms with Crippen LogP contribution in [0.5, 0.6) is 0 Å². The summed E-state index contributed by atoms with van der Waals surface area (Å²) in [5, 5.41) is 3.35. The minimum atomic E-state index is 0.964. The topological polar surface area (TPSA) is 12.0 Å². The summed E-state index contributed by atoms with van der Waals surface area (Å²) in [4.78, 5) is 0. The molecule has 0 bridgehead atoms. The number of unbranched alkanes of at least 4 members (excludes halogenated alkanes) is 17. The normalized spacial score (nSPS) is 13.2. The largest absolute Gasteiger partial charge is 0.320 e. The number of hydrogen-bond donors (Lipinski definition) is 1. The van der Waals surface area contributed by atoms with Crippen molar-refractivity contribution in [2.24, 2.45) is 5.92 Å². The van der Waals surface area contributed by atoms with Crippen LogP contribution in [-0.4, -0.2) is 13.6 Å². The Kier molecular flexibility index (Phi) is 35.0. The molecule has 0 fully saturated rings. The van der Waals surface area contributed by atoms with Crippen molar-refractivity contribution in [2.75, 3.05) is 13.6 Å². The maximum Gasteiger partial charge on any atom is -0.00518 e. The van der Waals surface area contributed by atoms with E-state index in [4.69, 9.17) is 0 Å². The molecule has 0 amide bonds. The Morgan fingerprint density at radius 2 is 0.825 bits per heavy atom. The van der Waals surface area contributed by atoms with E-state index in [1.165, 1.54) is 167 Å². The highest BCUT2D eigenvalue weighted by Gasteiger charge is 2.08. The van der Waals surface area contributed by atoms with Crippen molar-refractivity contribution >= 4 is 0 Å². The van der Waals surface area contributed by atoms with Crippen molar-refractivity contribution in [2.45, 2.75) is 181 Å². The van der Waals surface area contributed by atoms with Crippen LogP contribution in [-0.2, 0) is 0 Å². The number of allylic oxidation sites excluding steroid dienone is 8. The van der Waals surface area contributed by atoms with Crippen LogP contribution < -0.4 is 5.32 Å². The van der Waals surface area contributed by atoms with Gasteiger partial charge in [-0.2, -0.15) is 0 Å². The highest BCUT2D eigenvalue weighted by atomic mass is 14.8. The van der Waals surface area contributed by atoms with Gasteiger partial charge in [0, 0.05) is 0 Å². The van der Waals surface area contributed by atoms with Gasteiger partial charge in [-0.25, -0.2) is 0 Å². The second-order valence-electron chi connectivity index (χ2n) is 12.2. The van der Waals surface area contributed by atoms with Gasteiger partial charge in [0.15, 0.2) is 0 Å². The third-order valence-electron chi connectivity index (χ3n) is 8.19. The Morgan fingerprint density at radius 1 is 0.425 bits per heavy atom. The molecule has 0 aromatic heterocycles. The van der Waals surface area contributed by atoms with E-state index in [2.05, 4.69) is 74.8 Å². The lowest BCUT2D eigenvalue weighted by Crippen LogP contribution is -2.10. The molecule has 0 spiro atoms. The Hall–Kier alpha value is -1.08. The van der Waals surface area contributed by atoms with Gasteiger partial charge < -0.3 is 5.32 Å². The molecule has 1 atom stereocenters. The molecule has 0 aromatic carbocycles. The smallest absolute Gasteiger partial charge is 0.00518 e. The number of rotatable bonds is 32. The third-order valence-corrected chi connectivity index (χ3v) is 8.19. The minimum Gasteiger partial charge on any atom is -0.320 e. The molecule has 1 nitrogen and oxygen atoms in total. The molecule has 40 heavy (non-hydrogen) atoms. The fourth-order valence-electron chi connectivity index (χ4n) is 5.51. The highest BCUT2D eigenvalue weighted by Crippen LogP contribution is 2.23. The van der Waals surface area contributed by atoms with E-state index in [0.29, 0.717) is 0 Å². The monoisotopic (exact) mass is 556 g/mol. The van der Waals surface area contributed by atoms with Crippen LogP contribution in [0.25, 0.3) is 0 Å². The predicted octanol–water partition coefficient (Wildman–Crippen LogP) is 13.2. The lowest BCUT2D eigenvalue weighted by molar-refractivity contribution is 0.371. The summed E-state index contributed by atoms with van der Waals surface area (Å²) in [6, 6.07) is 0. The summed E-state index contributed by atoms with van der Waals surface area (Å²) in [6.07, 6.45) is 54.2. The molecular weight excluding hydrogens is 482 g/mol. The highest BCUT2D eigenvalue weighted by molar-refractivity contribution is 5.02. The van der Waals surface area contributed by atoms with Gasteiger partial charge in [0.1, 0.15) is 0 Å². The van der Waals surface area contributed by atoms with Gasteiger partial charge in [-0.3, -0.25) is 0 Å². The van der Waals surface area contributed by atoms with Crippen molar-refractivity contribution in [1.82, 2.24) is 5.32 Å². The van der Waals surface area contributed by atoms with Gasteiger partial charge in [0.2, 0.25) is 0 Å². The van der Waals surface area contributed by atoms with Crippen molar-refractivity contribution in [1.29, 1.82) is 0 Å². The van der Waals surface area contributed by atoms with E-state index in [1.54, 1.807) is 0 Å². The van der Waals surface area contributed by atoms with Crippen LogP contribution >= 0.6 is 0 Å². The van der Waals surface area contributed by atoms with Crippen molar-refractivity contribution in [3.63, 3.8) is 0 Å². The minimum absolute atomic E-state index is 0.964. The third kappa shape index (κ3) is 33.1. The predicted molar refractivity (Wildman–Crippen MR) is 185 cm³/mol. The van der Waals surface area contributed by atoms with E-state index in [0.717, 1.165) is 12.3 Å². The molecule has 234 valence electrons. The molecule has 1 heteroatoms. The van der Waals surface area contributed by atoms with Crippen LogP contribution in [0.3, 0.4) is 0 Å². The quantitative estimate of drug-likeness (QED) is 0.0494. The average Bonchev–Trinajstić information content (AvgIpc) is 2.96. The Morgan fingerprint density at radius 3 is 1.30 bits per heavy atom. The zero-order valence-electron chi connectivity index (χ0n) is 27.8. The molecule has 0 saturated carbocycles. The molecule has 0 aliphatic heterocycles. The van der Waals surface area contributed by atoms with E-state index in [9.17, 15) is 0 Å². The molecule has 0 aliphatic carbocycles. The standard InChI is InChI=1S/C39H73N/c1-4-6-8-10-12-14-16-18-20-21-23-25-27-29-31-33-36-39(37-34-38-40-3)35-32-30-28-26-24-22-19-17-15-13-11-9-7-5-2/h12-15,17-20,39-40H,4-11,16,21-38H2,1-3H3/b14-12-,15-13+,19-17+,20-18-. The molecule has 0 heterocycles. The zero-order chi connectivity index (χ0) is 29.0. The first kappa shape index (κ1) is 38.9. The molecule has 1 unspecified atom stereocenters. The first-order valence-electron chi connectivity index (χ1n) is 18.1. The van der Waals surface area contributed by atoms with Crippen LogP contribution in [0, 0.1) is 5.92 Å². The van der Waals surface area contributed by atoms with Crippen LogP contribution in [0.4, 0.5) is 0 Å². The molecule has 0 radical (unpaired) electrons. The molecule has 0 saturated heterocycles. The zero-order valence-corrected chi connectivity index (χ0v) is 27.8. The van der Waals surface area contributed by atoms with Gasteiger partial charge in [0.25, 0.3) is 0 Å². The van der Waals surface area contributed by atoms with Crippen LogP contribution in [0.1, 0.15) is 181 Å². The van der Waals surface area contributed by atoms with Gasteiger partial charge in [-0.05, 0) is 90.1 Å². The maximum absolute atomic E-state index is 3.35. The molecule has 1 N–H and O–H groups in total. The van der Waals surface area contributed by atoms with Crippen molar-refractivity contribution in [3.05, 3.63) is 48.6 Å². The SMILES string of the molecule is CCCCC/C=C\C/C=C\CCCCCCCCC(CCCCCCC/C=C/C=C/CCCCC)CCCNC. The van der Waals surface area contributed by atoms with Gasteiger partial charge in [0.05, 0.1) is 0 Å². The summed E-state index contributed by atoms with van der Waals surface area (Å²) >= 11 is 0. The fraction of sp³-hybridized carbons (Fsp3) is 0.795. The molecule has 0 aromatic rings. The lowest BCUT2D eigenvalue weighted by Gasteiger charge is -2.17. The summed E-state index contributed by atoms with van der Waals surface area (Å²) < 4.78 is 0. The van der Waals surface area contributed by atoms with Crippen molar-refractivity contribution in [3.8, 4) is 0 Å². The first-order chi connectivity index (χ1) is 19.8. The van der Waals surface area contributed by atoms with E-state index in [-0.39, 0.29) is 0 Å². The van der Waals surface area contributed by atoms with Gasteiger partial charge in [-0.15, -0.1) is 0 Å². The van der Waals surface area contributed by atoms with Crippen LogP contribution in [0.2, 0.25) is 0 Å². The maximum atomic E-state index is 3.35.